The molecule has 0 atom stereocenters. The number of oxazole rings is 1. The van der Waals surface area contributed by atoms with Crippen LogP contribution in [0.3, 0.4) is 0 Å². The van der Waals surface area contributed by atoms with Gasteiger partial charge in [-0.2, -0.15) is 9.97 Å². The van der Waals surface area contributed by atoms with Gasteiger partial charge in [0.25, 0.3) is 0 Å². The molecule has 29 heavy (non-hydrogen) atoms. The third-order valence-electron chi connectivity index (χ3n) is 4.29. The van der Waals surface area contributed by atoms with E-state index in [4.69, 9.17) is 19.6 Å². The van der Waals surface area contributed by atoms with Gasteiger partial charge < -0.3 is 29.5 Å². The van der Waals surface area contributed by atoms with E-state index in [2.05, 4.69) is 25.3 Å². The first-order chi connectivity index (χ1) is 14.1. The molecule has 4 aromatic rings. The topological polar surface area (TPSA) is 126 Å². The highest BCUT2D eigenvalue weighted by molar-refractivity contribution is 5.90. The van der Waals surface area contributed by atoms with Crippen molar-refractivity contribution < 1.29 is 13.9 Å². The summed E-state index contributed by atoms with van der Waals surface area (Å²) in [4.78, 5) is 17.4. The predicted molar refractivity (Wildman–Crippen MR) is 107 cm³/mol. The number of hydrogen-bond acceptors (Lipinski definition) is 9. The molecule has 3 N–H and O–H groups in total. The third-order valence-corrected chi connectivity index (χ3v) is 4.29. The summed E-state index contributed by atoms with van der Waals surface area (Å²) in [6, 6.07) is 5.30. The van der Waals surface area contributed by atoms with Gasteiger partial charge in [0.15, 0.2) is 5.82 Å². The Hall–Kier alpha value is -3.82. The first kappa shape index (κ1) is 18.5. The fourth-order valence-corrected chi connectivity index (χ4v) is 3.03. The quantitative estimate of drug-likeness (QED) is 0.485. The largest absolute Gasteiger partial charge is 0.481 e. The molecule has 0 spiro atoms. The summed E-state index contributed by atoms with van der Waals surface area (Å²) in [5, 5.41) is 3.33. The number of aromatic nitrogens is 5. The van der Waals surface area contributed by atoms with Crippen molar-refractivity contribution >= 4 is 22.5 Å². The SMILES string of the molecule is COc1cc(OC)nc(Cn2ccc3nc(N)cc(NCc4ncc(C)o4)c32)n1. The van der Waals surface area contributed by atoms with E-state index in [1.807, 2.05) is 23.8 Å². The van der Waals surface area contributed by atoms with Gasteiger partial charge in [-0.3, -0.25) is 0 Å². The summed E-state index contributed by atoms with van der Waals surface area (Å²) in [6.07, 6.45) is 3.59. The van der Waals surface area contributed by atoms with Gasteiger partial charge in [-0.15, -0.1) is 0 Å². The molecule has 0 saturated carbocycles. The van der Waals surface area contributed by atoms with E-state index < -0.39 is 0 Å². The van der Waals surface area contributed by atoms with Crippen LogP contribution in [-0.2, 0) is 13.1 Å². The first-order valence-electron chi connectivity index (χ1n) is 8.92. The van der Waals surface area contributed by atoms with Crippen LogP contribution in [-0.4, -0.2) is 38.7 Å². The third kappa shape index (κ3) is 3.91. The summed E-state index contributed by atoms with van der Waals surface area (Å²) >= 11 is 0. The number of nitrogens with two attached hydrogens (primary N) is 1. The molecular weight excluding hydrogens is 374 g/mol. The minimum atomic E-state index is 0.398. The van der Waals surface area contributed by atoms with Crippen LogP contribution in [0, 0.1) is 6.92 Å². The maximum Gasteiger partial charge on any atom is 0.220 e. The van der Waals surface area contributed by atoms with Crippen LogP contribution < -0.4 is 20.5 Å². The van der Waals surface area contributed by atoms with E-state index in [1.54, 1.807) is 32.5 Å². The number of anilines is 2. The second kappa shape index (κ2) is 7.66. The average molecular weight is 395 g/mol. The average Bonchev–Trinajstić information content (AvgIpc) is 3.31. The monoisotopic (exact) mass is 395 g/mol. The molecular formula is C19H21N7O3. The molecule has 0 saturated heterocycles. The fraction of sp³-hybridized carbons (Fsp3) is 0.263. The number of hydrogen-bond donors (Lipinski definition) is 2. The van der Waals surface area contributed by atoms with Gasteiger partial charge in [0, 0.05) is 12.3 Å². The van der Waals surface area contributed by atoms with Crippen LogP contribution in [0.1, 0.15) is 17.5 Å². The Morgan fingerprint density at radius 2 is 1.90 bits per heavy atom. The van der Waals surface area contributed by atoms with Gasteiger partial charge in [0.1, 0.15) is 11.6 Å². The Bertz CT molecular complexity index is 1130. The number of ether oxygens (including phenoxy) is 2. The zero-order chi connectivity index (χ0) is 20.4. The van der Waals surface area contributed by atoms with Gasteiger partial charge in [-0.25, -0.2) is 9.97 Å². The highest BCUT2D eigenvalue weighted by atomic mass is 16.5. The normalized spacial score (nSPS) is 11.0. The Balaban J connectivity index is 1.68. The Morgan fingerprint density at radius 3 is 2.55 bits per heavy atom. The van der Waals surface area contributed by atoms with Crippen molar-refractivity contribution in [2.24, 2.45) is 0 Å². The molecule has 0 aliphatic carbocycles. The summed E-state index contributed by atoms with van der Waals surface area (Å²) in [6.45, 7) is 2.67. The van der Waals surface area contributed by atoms with Gasteiger partial charge in [-0.05, 0) is 13.0 Å². The number of nitrogens with zero attached hydrogens (tertiary/aromatic N) is 5. The molecule has 0 radical (unpaired) electrons. The van der Waals surface area contributed by atoms with Gasteiger partial charge >= 0.3 is 0 Å². The molecule has 0 aromatic carbocycles. The maximum absolute atomic E-state index is 5.98. The summed E-state index contributed by atoms with van der Waals surface area (Å²) in [7, 11) is 3.10. The van der Waals surface area contributed by atoms with Crippen LogP contribution in [0.4, 0.5) is 11.5 Å². The van der Waals surface area contributed by atoms with Gasteiger partial charge in [0.05, 0.1) is 56.3 Å². The van der Waals surface area contributed by atoms with E-state index in [-0.39, 0.29) is 0 Å². The number of nitrogen functional groups attached to an aromatic ring is 1. The molecule has 150 valence electrons. The zero-order valence-electron chi connectivity index (χ0n) is 16.3. The van der Waals surface area contributed by atoms with Crippen molar-refractivity contribution in [3.63, 3.8) is 0 Å². The van der Waals surface area contributed by atoms with E-state index >= 15 is 0 Å². The maximum atomic E-state index is 5.98. The van der Waals surface area contributed by atoms with Crippen LogP contribution >= 0.6 is 0 Å². The standard InChI is InChI=1S/C19H21N7O3/c1-11-8-22-18(29-11)9-21-13-6-14(20)23-12-4-5-26(19(12)13)10-15-24-16(27-2)7-17(25-15)28-3/h4-8H,9-10H2,1-3H3,(H3,20,21,23). The fourth-order valence-electron chi connectivity index (χ4n) is 3.03. The number of pyridine rings is 1. The molecule has 10 heteroatoms. The molecule has 0 aliphatic rings. The van der Waals surface area contributed by atoms with Crippen molar-refractivity contribution in [1.29, 1.82) is 0 Å². The number of rotatable bonds is 7. The van der Waals surface area contributed by atoms with Crippen LogP contribution in [0.2, 0.25) is 0 Å². The highest BCUT2D eigenvalue weighted by Crippen LogP contribution is 2.27. The molecule has 4 aromatic heterocycles. The highest BCUT2D eigenvalue weighted by Gasteiger charge is 2.13. The van der Waals surface area contributed by atoms with Crippen molar-refractivity contribution in [3.8, 4) is 11.8 Å². The lowest BCUT2D eigenvalue weighted by atomic mass is 10.3. The second-order valence-corrected chi connectivity index (χ2v) is 6.36. The van der Waals surface area contributed by atoms with Crippen LogP contribution in [0.25, 0.3) is 11.0 Å². The zero-order valence-corrected chi connectivity index (χ0v) is 16.3. The van der Waals surface area contributed by atoms with Crippen molar-refractivity contribution in [3.05, 3.63) is 48.1 Å². The number of fused-ring (bicyclic) bond motifs is 1. The molecule has 10 nitrogen and oxygen atoms in total. The summed E-state index contributed by atoms with van der Waals surface area (Å²) in [5.41, 5.74) is 8.41. The lowest BCUT2D eigenvalue weighted by molar-refractivity contribution is 0.367. The summed E-state index contributed by atoms with van der Waals surface area (Å²) in [5.74, 6) is 3.18. The van der Waals surface area contributed by atoms with Crippen molar-refractivity contribution in [2.45, 2.75) is 20.0 Å². The number of methoxy groups -OCH3 is 2. The Kier molecular flexibility index (Phi) is 4.90. The number of aryl methyl sites for hydroxylation is 1. The van der Waals surface area contributed by atoms with Crippen LogP contribution in [0.5, 0.6) is 11.8 Å². The molecule has 4 heterocycles. The number of nitrogens with one attached hydrogen (secondary N) is 1. The molecule has 0 unspecified atom stereocenters. The first-order valence-corrected chi connectivity index (χ1v) is 8.92. The second-order valence-electron chi connectivity index (χ2n) is 6.36. The summed E-state index contributed by atoms with van der Waals surface area (Å²) < 4.78 is 18.0. The Morgan fingerprint density at radius 1 is 1.14 bits per heavy atom. The minimum Gasteiger partial charge on any atom is -0.481 e. The lowest BCUT2D eigenvalue weighted by Gasteiger charge is -2.12. The van der Waals surface area contributed by atoms with Gasteiger partial charge in [0.2, 0.25) is 17.7 Å². The van der Waals surface area contributed by atoms with E-state index in [1.165, 1.54) is 0 Å². The smallest absolute Gasteiger partial charge is 0.220 e. The van der Waals surface area contributed by atoms with E-state index in [0.29, 0.717) is 42.4 Å². The van der Waals surface area contributed by atoms with E-state index in [0.717, 1.165) is 22.5 Å². The van der Waals surface area contributed by atoms with Gasteiger partial charge in [-0.1, -0.05) is 0 Å². The molecule has 0 fully saturated rings. The molecule has 4 rings (SSSR count). The van der Waals surface area contributed by atoms with Crippen molar-refractivity contribution in [2.75, 3.05) is 25.3 Å². The molecule has 0 bridgehead atoms. The lowest BCUT2D eigenvalue weighted by Crippen LogP contribution is -2.08. The van der Waals surface area contributed by atoms with Crippen molar-refractivity contribution in [1.82, 2.24) is 24.5 Å². The minimum absolute atomic E-state index is 0.398. The molecule has 0 amide bonds. The van der Waals surface area contributed by atoms with Crippen LogP contribution in [0.15, 0.2) is 35.0 Å². The Labute approximate surface area is 166 Å². The molecule has 0 aliphatic heterocycles. The predicted octanol–water partition coefficient (Wildman–Crippen LogP) is 2.38. The van der Waals surface area contributed by atoms with E-state index in [9.17, 15) is 0 Å².